The molecule has 0 amide bonds. The molecular formula is C27H30O14. The average molecular weight is 579 g/mol. The Labute approximate surface area is 231 Å². The lowest BCUT2D eigenvalue weighted by Crippen LogP contribution is -2.63. The van der Waals surface area contributed by atoms with Gasteiger partial charge in [0.1, 0.15) is 64.9 Å². The molecule has 10 atom stereocenters. The molecule has 1 aromatic heterocycles. The van der Waals surface area contributed by atoms with Crippen LogP contribution in [0.1, 0.15) is 13.8 Å². The van der Waals surface area contributed by atoms with E-state index in [1.54, 1.807) is 0 Å². The first-order chi connectivity index (χ1) is 19.3. The molecule has 0 spiro atoms. The van der Waals surface area contributed by atoms with Crippen LogP contribution in [-0.4, -0.2) is 102 Å². The Morgan fingerprint density at radius 1 is 0.707 bits per heavy atom. The van der Waals surface area contributed by atoms with Gasteiger partial charge in [0.05, 0.1) is 12.2 Å². The number of fused-ring (bicyclic) bond motifs is 1. The van der Waals surface area contributed by atoms with Gasteiger partial charge in [0, 0.05) is 23.8 Å². The van der Waals surface area contributed by atoms with E-state index in [0.717, 1.165) is 12.1 Å². The Kier molecular flexibility index (Phi) is 7.84. The summed E-state index contributed by atoms with van der Waals surface area (Å²) in [5, 5.41) is 81.7. The van der Waals surface area contributed by atoms with E-state index in [1.165, 1.54) is 38.1 Å². The second kappa shape index (κ2) is 11.1. The van der Waals surface area contributed by atoms with Crippen LogP contribution in [0, 0.1) is 0 Å². The van der Waals surface area contributed by atoms with Crippen molar-refractivity contribution in [3.8, 4) is 34.3 Å². The monoisotopic (exact) mass is 578 g/mol. The number of phenolic OH excluding ortho intramolecular Hbond substituents is 3. The SMILES string of the molecule is C[C@@H]1O[C@@H](O[C@H]2[C@H](O)[C@H](Oc3cc(O)c4c(=O)cc(-c5ccc(O)c(O)c5)oc4c3)O[C@@H](C)[C@@H]2O)[C@@H](O)[C@@H](O)[C@H]1O. The highest BCUT2D eigenvalue weighted by molar-refractivity contribution is 5.86. The van der Waals surface area contributed by atoms with Crippen molar-refractivity contribution < 1.29 is 64.2 Å². The van der Waals surface area contributed by atoms with Gasteiger partial charge in [-0.1, -0.05) is 0 Å². The van der Waals surface area contributed by atoms with E-state index in [9.17, 15) is 45.6 Å². The number of ether oxygens (including phenoxy) is 4. The van der Waals surface area contributed by atoms with Crippen molar-refractivity contribution in [1.82, 2.24) is 0 Å². The molecule has 5 rings (SSSR count). The molecule has 0 unspecified atom stereocenters. The molecule has 14 heteroatoms. The number of aromatic hydroxyl groups is 3. The Hall–Kier alpha value is -3.47. The molecule has 2 saturated heterocycles. The Balaban J connectivity index is 1.41. The molecule has 0 aliphatic carbocycles. The van der Waals surface area contributed by atoms with Crippen molar-refractivity contribution in [3.63, 3.8) is 0 Å². The summed E-state index contributed by atoms with van der Waals surface area (Å²) in [6.45, 7) is 2.92. The molecule has 3 aromatic rings. The van der Waals surface area contributed by atoms with Crippen molar-refractivity contribution in [2.75, 3.05) is 0 Å². The molecule has 2 aliphatic heterocycles. The molecule has 222 valence electrons. The van der Waals surface area contributed by atoms with Crippen LogP contribution >= 0.6 is 0 Å². The lowest BCUT2D eigenvalue weighted by atomic mass is 9.97. The van der Waals surface area contributed by atoms with E-state index in [-0.39, 0.29) is 33.8 Å². The first kappa shape index (κ1) is 29.0. The number of hydrogen-bond donors (Lipinski definition) is 8. The first-order valence-corrected chi connectivity index (χ1v) is 12.7. The van der Waals surface area contributed by atoms with E-state index >= 15 is 0 Å². The van der Waals surface area contributed by atoms with Gasteiger partial charge in [-0.15, -0.1) is 0 Å². The molecule has 3 heterocycles. The summed E-state index contributed by atoms with van der Waals surface area (Å²) in [5.74, 6) is -1.39. The normalized spacial score (nSPS) is 34.0. The van der Waals surface area contributed by atoms with Gasteiger partial charge in [0.15, 0.2) is 23.2 Å². The third kappa shape index (κ3) is 5.43. The maximum Gasteiger partial charge on any atom is 0.229 e. The minimum absolute atomic E-state index is 0.0149. The molecular weight excluding hydrogens is 548 g/mol. The molecule has 14 nitrogen and oxygen atoms in total. The van der Waals surface area contributed by atoms with E-state index in [4.69, 9.17) is 23.4 Å². The van der Waals surface area contributed by atoms with Gasteiger partial charge in [-0.3, -0.25) is 4.79 Å². The maximum atomic E-state index is 12.8. The highest BCUT2D eigenvalue weighted by Gasteiger charge is 2.50. The molecule has 2 aromatic carbocycles. The summed E-state index contributed by atoms with van der Waals surface area (Å²) >= 11 is 0. The van der Waals surface area contributed by atoms with E-state index in [2.05, 4.69) is 0 Å². The first-order valence-electron chi connectivity index (χ1n) is 12.7. The molecule has 2 fully saturated rings. The molecule has 41 heavy (non-hydrogen) atoms. The van der Waals surface area contributed by atoms with Crippen molar-refractivity contribution in [3.05, 3.63) is 46.6 Å². The molecule has 0 bridgehead atoms. The number of phenols is 3. The predicted molar refractivity (Wildman–Crippen MR) is 137 cm³/mol. The highest BCUT2D eigenvalue weighted by atomic mass is 16.7. The summed E-state index contributed by atoms with van der Waals surface area (Å²) in [5.41, 5.74) is -0.455. The number of rotatable bonds is 5. The second-order valence-electron chi connectivity index (χ2n) is 10.1. The van der Waals surface area contributed by atoms with Crippen LogP contribution in [0.15, 0.2) is 45.6 Å². The van der Waals surface area contributed by atoms with E-state index in [1.807, 2.05) is 0 Å². The number of hydrogen-bond acceptors (Lipinski definition) is 14. The Morgan fingerprint density at radius 2 is 1.39 bits per heavy atom. The van der Waals surface area contributed by atoms with Crippen LogP contribution in [-0.2, 0) is 14.2 Å². The maximum absolute atomic E-state index is 12.8. The van der Waals surface area contributed by atoms with Crippen molar-refractivity contribution in [1.29, 1.82) is 0 Å². The summed E-state index contributed by atoms with van der Waals surface area (Å²) < 4.78 is 28.2. The fraction of sp³-hybridized carbons (Fsp3) is 0.444. The van der Waals surface area contributed by atoms with Gasteiger partial charge < -0.3 is 64.2 Å². The summed E-state index contributed by atoms with van der Waals surface area (Å²) in [4.78, 5) is 12.8. The third-order valence-electron chi connectivity index (χ3n) is 7.18. The lowest BCUT2D eigenvalue weighted by Gasteiger charge is -2.45. The average Bonchev–Trinajstić information content (AvgIpc) is 2.92. The van der Waals surface area contributed by atoms with Crippen LogP contribution in [0.2, 0.25) is 0 Å². The predicted octanol–water partition coefficient (Wildman–Crippen LogP) is -0.365. The van der Waals surface area contributed by atoms with E-state index in [0.29, 0.717) is 0 Å². The lowest BCUT2D eigenvalue weighted by molar-refractivity contribution is -0.346. The van der Waals surface area contributed by atoms with Crippen molar-refractivity contribution in [2.24, 2.45) is 0 Å². The van der Waals surface area contributed by atoms with E-state index < -0.39 is 78.3 Å². The number of benzene rings is 2. The highest BCUT2D eigenvalue weighted by Crippen LogP contribution is 2.36. The van der Waals surface area contributed by atoms with Crippen molar-refractivity contribution >= 4 is 11.0 Å². The van der Waals surface area contributed by atoms with Gasteiger partial charge in [0.2, 0.25) is 6.29 Å². The van der Waals surface area contributed by atoms with Crippen LogP contribution in [0.5, 0.6) is 23.0 Å². The zero-order valence-corrected chi connectivity index (χ0v) is 21.8. The van der Waals surface area contributed by atoms with Crippen LogP contribution < -0.4 is 10.2 Å². The Bertz CT molecular complexity index is 1470. The Morgan fingerprint density at radius 3 is 2.10 bits per heavy atom. The fourth-order valence-corrected chi connectivity index (χ4v) is 4.80. The largest absolute Gasteiger partial charge is 0.507 e. The van der Waals surface area contributed by atoms with Crippen LogP contribution in [0.4, 0.5) is 0 Å². The minimum Gasteiger partial charge on any atom is -0.507 e. The number of aliphatic hydroxyl groups is 5. The topological polar surface area (TPSA) is 229 Å². The van der Waals surface area contributed by atoms with Crippen LogP contribution in [0.25, 0.3) is 22.3 Å². The van der Waals surface area contributed by atoms with Gasteiger partial charge in [-0.25, -0.2) is 0 Å². The zero-order chi connectivity index (χ0) is 29.7. The van der Waals surface area contributed by atoms with Gasteiger partial charge in [-0.2, -0.15) is 0 Å². The quantitative estimate of drug-likeness (QED) is 0.181. The van der Waals surface area contributed by atoms with Gasteiger partial charge in [0.25, 0.3) is 0 Å². The smallest absolute Gasteiger partial charge is 0.229 e. The summed E-state index contributed by atoms with van der Waals surface area (Å²) in [7, 11) is 0. The molecule has 8 N–H and O–H groups in total. The summed E-state index contributed by atoms with van der Waals surface area (Å²) in [6, 6.07) is 7.27. The second-order valence-corrected chi connectivity index (χ2v) is 10.1. The van der Waals surface area contributed by atoms with Crippen LogP contribution in [0.3, 0.4) is 0 Å². The fourth-order valence-electron chi connectivity index (χ4n) is 4.80. The minimum atomic E-state index is -1.69. The molecule has 0 saturated carbocycles. The standard InChI is InChI=1S/C27H30O14/c1-9-20(32)22(34)23(35)26(37-9)41-25-21(33)10(2)38-27(24(25)36)39-12-6-15(30)19-16(31)8-17(40-18(19)7-12)11-3-4-13(28)14(29)5-11/h3-10,20-30,32-36H,1-2H3/t9-,10-,20-,21-,22-,23-,24-,25+,26-,27-/m0/s1. The third-order valence-corrected chi connectivity index (χ3v) is 7.18. The van der Waals surface area contributed by atoms with Gasteiger partial charge >= 0.3 is 0 Å². The summed E-state index contributed by atoms with van der Waals surface area (Å²) in [6.07, 6.45) is -14.1. The van der Waals surface area contributed by atoms with Gasteiger partial charge in [-0.05, 0) is 32.0 Å². The zero-order valence-electron chi connectivity index (χ0n) is 21.8. The van der Waals surface area contributed by atoms with Crippen molar-refractivity contribution in [2.45, 2.75) is 75.3 Å². The molecule has 0 radical (unpaired) electrons. The number of aliphatic hydroxyl groups excluding tert-OH is 5. The molecule has 2 aliphatic rings.